The summed E-state index contributed by atoms with van der Waals surface area (Å²) in [6.45, 7) is 2.50. The summed E-state index contributed by atoms with van der Waals surface area (Å²) in [7, 11) is 0. The van der Waals surface area contributed by atoms with Gasteiger partial charge >= 0.3 is 11.9 Å². The summed E-state index contributed by atoms with van der Waals surface area (Å²) in [5.41, 5.74) is 0. The molecule has 1 aliphatic heterocycles. The summed E-state index contributed by atoms with van der Waals surface area (Å²) in [5, 5.41) is 19.6. The van der Waals surface area contributed by atoms with E-state index < -0.39 is 11.9 Å². The lowest BCUT2D eigenvalue weighted by molar-refractivity contribution is -0.139. The Morgan fingerprint density at radius 1 is 0.824 bits per heavy atom. The zero-order chi connectivity index (χ0) is 12.9. The van der Waals surface area contributed by atoms with Crippen LogP contribution < -0.4 is 5.32 Å². The Bertz CT molecular complexity index is 183. The van der Waals surface area contributed by atoms with Crippen LogP contribution in [0.1, 0.15) is 51.4 Å². The Morgan fingerprint density at radius 3 is 1.59 bits per heavy atom. The van der Waals surface area contributed by atoms with Crippen LogP contribution in [0.2, 0.25) is 0 Å². The molecule has 1 heterocycles. The summed E-state index contributed by atoms with van der Waals surface area (Å²) in [5.74, 6) is -1.74. The largest absolute Gasteiger partial charge is 0.481 e. The molecular weight excluding hydrogens is 222 g/mol. The third kappa shape index (κ3) is 14.9. The van der Waals surface area contributed by atoms with Gasteiger partial charge in [-0.15, -0.1) is 0 Å². The van der Waals surface area contributed by atoms with Crippen LogP contribution >= 0.6 is 0 Å². The number of unbranched alkanes of at least 4 members (excludes halogenated alkanes) is 1. The Hall–Kier alpha value is -1.10. The van der Waals surface area contributed by atoms with Gasteiger partial charge in [-0.05, 0) is 38.8 Å². The summed E-state index contributed by atoms with van der Waals surface area (Å²) in [4.78, 5) is 19.8. The average molecular weight is 245 g/mol. The molecule has 0 spiro atoms. The van der Waals surface area contributed by atoms with Gasteiger partial charge in [-0.3, -0.25) is 9.59 Å². The third-order valence-electron chi connectivity index (χ3n) is 2.49. The molecule has 0 aliphatic carbocycles. The Morgan fingerprint density at radius 2 is 1.24 bits per heavy atom. The van der Waals surface area contributed by atoms with Crippen LogP contribution in [0.5, 0.6) is 0 Å². The SMILES string of the molecule is C1CCCNCC1.O=C(O)CCCCC(=O)O. The molecule has 0 radical (unpaired) electrons. The molecule has 5 heteroatoms. The van der Waals surface area contributed by atoms with Crippen molar-refractivity contribution < 1.29 is 19.8 Å². The van der Waals surface area contributed by atoms with Gasteiger partial charge in [0.05, 0.1) is 0 Å². The van der Waals surface area contributed by atoms with E-state index in [9.17, 15) is 9.59 Å². The molecule has 5 nitrogen and oxygen atoms in total. The molecule has 17 heavy (non-hydrogen) atoms. The van der Waals surface area contributed by atoms with E-state index in [1.807, 2.05) is 0 Å². The predicted octanol–water partition coefficient (Wildman–Crippen LogP) is 1.87. The molecule has 0 unspecified atom stereocenters. The highest BCUT2D eigenvalue weighted by Crippen LogP contribution is 2.00. The third-order valence-corrected chi connectivity index (χ3v) is 2.49. The van der Waals surface area contributed by atoms with Crippen LogP contribution in [-0.2, 0) is 9.59 Å². The van der Waals surface area contributed by atoms with Gasteiger partial charge in [0, 0.05) is 12.8 Å². The van der Waals surface area contributed by atoms with Crippen LogP contribution in [0.25, 0.3) is 0 Å². The maximum absolute atomic E-state index is 9.90. The number of rotatable bonds is 5. The fourth-order valence-corrected chi connectivity index (χ4v) is 1.53. The zero-order valence-corrected chi connectivity index (χ0v) is 10.3. The molecule has 0 bridgehead atoms. The van der Waals surface area contributed by atoms with Crippen LogP contribution in [0, 0.1) is 0 Å². The molecule has 0 aromatic heterocycles. The highest BCUT2D eigenvalue weighted by molar-refractivity contribution is 5.67. The monoisotopic (exact) mass is 245 g/mol. The smallest absolute Gasteiger partial charge is 0.303 e. The molecule has 0 atom stereocenters. The minimum atomic E-state index is -0.870. The molecule has 1 aliphatic rings. The molecule has 1 rings (SSSR count). The maximum Gasteiger partial charge on any atom is 0.303 e. The molecule has 1 saturated heterocycles. The van der Waals surface area contributed by atoms with Gasteiger partial charge in [-0.25, -0.2) is 0 Å². The normalized spacial score (nSPS) is 15.3. The van der Waals surface area contributed by atoms with Crippen molar-refractivity contribution in [3.8, 4) is 0 Å². The van der Waals surface area contributed by atoms with Crippen LogP contribution in [-0.4, -0.2) is 35.2 Å². The van der Waals surface area contributed by atoms with E-state index in [1.165, 1.54) is 38.8 Å². The van der Waals surface area contributed by atoms with Crippen molar-refractivity contribution in [1.82, 2.24) is 5.32 Å². The molecular formula is C12H23NO4. The molecule has 0 saturated carbocycles. The standard InChI is InChI=1S/C6H13N.C6H10O4/c1-2-4-6-7-5-3-1;7-5(8)3-1-2-4-6(9)10/h7H,1-6H2;1-4H2,(H,7,8)(H,9,10). The van der Waals surface area contributed by atoms with Crippen LogP contribution in [0.3, 0.4) is 0 Å². The van der Waals surface area contributed by atoms with Gasteiger partial charge in [-0.2, -0.15) is 0 Å². The number of hydrogen-bond donors (Lipinski definition) is 3. The van der Waals surface area contributed by atoms with Gasteiger partial charge in [0.15, 0.2) is 0 Å². The van der Waals surface area contributed by atoms with Gasteiger partial charge in [-0.1, -0.05) is 12.8 Å². The first-order chi connectivity index (χ1) is 8.13. The molecule has 0 amide bonds. The topological polar surface area (TPSA) is 86.6 Å². The second kappa shape index (κ2) is 11.4. The first-order valence-corrected chi connectivity index (χ1v) is 6.27. The predicted molar refractivity (Wildman–Crippen MR) is 65.1 cm³/mol. The van der Waals surface area contributed by atoms with Crippen LogP contribution in [0.4, 0.5) is 0 Å². The number of aliphatic carboxylic acids is 2. The Kier molecular flexibility index (Phi) is 10.7. The Balaban J connectivity index is 0.000000318. The average Bonchev–Trinajstić information content (AvgIpc) is 2.56. The van der Waals surface area contributed by atoms with E-state index in [-0.39, 0.29) is 12.8 Å². The highest BCUT2D eigenvalue weighted by Gasteiger charge is 1.99. The zero-order valence-electron chi connectivity index (χ0n) is 10.3. The van der Waals surface area contributed by atoms with Gasteiger partial charge in [0.25, 0.3) is 0 Å². The second-order valence-electron chi connectivity index (χ2n) is 4.16. The van der Waals surface area contributed by atoms with Crippen molar-refractivity contribution in [2.45, 2.75) is 51.4 Å². The van der Waals surface area contributed by atoms with Crippen molar-refractivity contribution in [1.29, 1.82) is 0 Å². The summed E-state index contributed by atoms with van der Waals surface area (Å²) in [6.07, 6.45) is 6.67. The summed E-state index contributed by atoms with van der Waals surface area (Å²) >= 11 is 0. The van der Waals surface area contributed by atoms with E-state index in [0.29, 0.717) is 12.8 Å². The molecule has 0 aromatic rings. The molecule has 1 fully saturated rings. The number of hydrogen-bond acceptors (Lipinski definition) is 3. The van der Waals surface area contributed by atoms with Gasteiger partial charge in [0.2, 0.25) is 0 Å². The minimum absolute atomic E-state index is 0.0628. The fourth-order valence-electron chi connectivity index (χ4n) is 1.53. The molecule has 3 N–H and O–H groups in total. The molecule has 0 aromatic carbocycles. The van der Waals surface area contributed by atoms with Crippen molar-refractivity contribution in [3.63, 3.8) is 0 Å². The Labute approximate surface area is 102 Å². The maximum atomic E-state index is 9.90. The lowest BCUT2D eigenvalue weighted by Gasteiger charge is -1.92. The summed E-state index contributed by atoms with van der Waals surface area (Å²) in [6, 6.07) is 0. The van der Waals surface area contributed by atoms with E-state index in [1.54, 1.807) is 0 Å². The quantitative estimate of drug-likeness (QED) is 0.644. The van der Waals surface area contributed by atoms with E-state index in [0.717, 1.165) is 0 Å². The van der Waals surface area contributed by atoms with Gasteiger partial charge in [0.1, 0.15) is 0 Å². The number of carbonyl (C=O) groups is 2. The van der Waals surface area contributed by atoms with Crippen molar-refractivity contribution in [2.24, 2.45) is 0 Å². The van der Waals surface area contributed by atoms with Crippen LogP contribution in [0.15, 0.2) is 0 Å². The van der Waals surface area contributed by atoms with E-state index in [2.05, 4.69) is 5.32 Å². The highest BCUT2D eigenvalue weighted by atomic mass is 16.4. The lowest BCUT2D eigenvalue weighted by atomic mass is 10.2. The number of nitrogens with one attached hydrogen (secondary N) is 1. The lowest BCUT2D eigenvalue weighted by Crippen LogP contribution is -2.12. The minimum Gasteiger partial charge on any atom is -0.481 e. The van der Waals surface area contributed by atoms with Crippen molar-refractivity contribution in [3.05, 3.63) is 0 Å². The van der Waals surface area contributed by atoms with E-state index >= 15 is 0 Å². The van der Waals surface area contributed by atoms with E-state index in [4.69, 9.17) is 10.2 Å². The second-order valence-corrected chi connectivity index (χ2v) is 4.16. The fraction of sp³-hybridized carbons (Fsp3) is 0.833. The number of carboxylic acids is 2. The molecule has 100 valence electrons. The van der Waals surface area contributed by atoms with Crippen molar-refractivity contribution >= 4 is 11.9 Å². The van der Waals surface area contributed by atoms with Gasteiger partial charge < -0.3 is 15.5 Å². The summed E-state index contributed by atoms with van der Waals surface area (Å²) < 4.78 is 0. The first kappa shape index (κ1) is 15.9. The van der Waals surface area contributed by atoms with Crippen molar-refractivity contribution in [2.75, 3.05) is 13.1 Å². The number of carboxylic acid groups (broad SMARTS) is 2. The first-order valence-electron chi connectivity index (χ1n) is 6.27.